The number of benzene rings is 2. The second-order valence-corrected chi connectivity index (χ2v) is 5.21. The lowest BCUT2D eigenvalue weighted by Gasteiger charge is -2.04. The topological polar surface area (TPSA) is 29.3 Å². The molecule has 0 bridgehead atoms. The Morgan fingerprint density at radius 2 is 1.67 bits per heavy atom. The predicted octanol–water partition coefficient (Wildman–Crippen LogP) is 3.18. The summed E-state index contributed by atoms with van der Waals surface area (Å²) < 4.78 is 5.20. The van der Waals surface area contributed by atoms with E-state index in [-0.39, 0.29) is 18.1 Å². The third kappa shape index (κ3) is 2.98. The van der Waals surface area contributed by atoms with Gasteiger partial charge in [0.1, 0.15) is 6.04 Å². The van der Waals surface area contributed by atoms with Gasteiger partial charge in [0.2, 0.25) is 0 Å². The summed E-state index contributed by atoms with van der Waals surface area (Å²) in [5.74, 6) is -0.123. The zero-order valence-electron chi connectivity index (χ0n) is 12.1. The molecule has 21 heavy (non-hydrogen) atoms. The summed E-state index contributed by atoms with van der Waals surface area (Å²) in [6.45, 7) is 3.04. The van der Waals surface area contributed by atoms with Crippen LogP contribution in [-0.2, 0) is 16.1 Å². The van der Waals surface area contributed by atoms with E-state index < -0.39 is 0 Å². The highest BCUT2D eigenvalue weighted by atomic mass is 16.5. The maximum absolute atomic E-state index is 12.1. The summed E-state index contributed by atoms with van der Waals surface area (Å²) in [5.41, 5.74) is 2.39. The first-order valence-electron chi connectivity index (χ1n) is 7.32. The van der Waals surface area contributed by atoms with Gasteiger partial charge in [-0.2, -0.15) is 0 Å². The molecular formula is C18H19NO2. The summed E-state index contributed by atoms with van der Waals surface area (Å²) in [5, 5.41) is 0. The molecule has 108 valence electrons. The Kier molecular flexibility index (Phi) is 4.02. The largest absolute Gasteiger partial charge is 0.465 e. The molecule has 0 amide bonds. The summed E-state index contributed by atoms with van der Waals surface area (Å²) in [6.07, 6.45) is 0. The van der Waals surface area contributed by atoms with E-state index in [9.17, 15) is 4.79 Å². The van der Waals surface area contributed by atoms with Gasteiger partial charge in [-0.15, -0.1) is 0 Å². The van der Waals surface area contributed by atoms with E-state index in [4.69, 9.17) is 4.74 Å². The predicted molar refractivity (Wildman–Crippen MR) is 81.6 cm³/mol. The standard InChI is InChI=1S/C18H19NO2/c1-2-21-18(20)17-16(15-11-7-4-8-12-15)19(17)13-14-9-5-3-6-10-14/h3-12,16-17H,2,13H2,1H3/t16-,17+,19?/m0/s1. The molecule has 1 saturated heterocycles. The fourth-order valence-electron chi connectivity index (χ4n) is 2.78. The van der Waals surface area contributed by atoms with Crippen LogP contribution < -0.4 is 0 Å². The van der Waals surface area contributed by atoms with Crippen LogP contribution in [0.4, 0.5) is 0 Å². The molecule has 0 aromatic heterocycles. The van der Waals surface area contributed by atoms with Crippen molar-refractivity contribution in [2.24, 2.45) is 0 Å². The fraction of sp³-hybridized carbons (Fsp3) is 0.278. The quantitative estimate of drug-likeness (QED) is 0.622. The van der Waals surface area contributed by atoms with E-state index >= 15 is 0 Å². The summed E-state index contributed by atoms with van der Waals surface area (Å²) in [7, 11) is 0. The van der Waals surface area contributed by atoms with E-state index in [1.54, 1.807) is 0 Å². The second kappa shape index (κ2) is 6.10. The van der Waals surface area contributed by atoms with Gasteiger partial charge in [0.15, 0.2) is 0 Å². The van der Waals surface area contributed by atoms with Gasteiger partial charge in [0, 0.05) is 6.54 Å². The maximum atomic E-state index is 12.1. The minimum absolute atomic E-state index is 0.123. The van der Waals surface area contributed by atoms with E-state index in [0.717, 1.165) is 6.54 Å². The van der Waals surface area contributed by atoms with Gasteiger partial charge in [-0.05, 0) is 18.1 Å². The molecule has 3 rings (SSSR count). The molecule has 3 heteroatoms. The Hall–Kier alpha value is -2.13. The Labute approximate surface area is 125 Å². The molecule has 1 aliphatic rings. The van der Waals surface area contributed by atoms with Crippen LogP contribution in [0.25, 0.3) is 0 Å². The van der Waals surface area contributed by atoms with Crippen LogP contribution >= 0.6 is 0 Å². The highest BCUT2D eigenvalue weighted by molar-refractivity contribution is 5.80. The Morgan fingerprint density at radius 1 is 1.05 bits per heavy atom. The van der Waals surface area contributed by atoms with Crippen molar-refractivity contribution >= 4 is 5.97 Å². The highest BCUT2D eigenvalue weighted by Crippen LogP contribution is 2.44. The van der Waals surface area contributed by atoms with Gasteiger partial charge in [-0.25, -0.2) is 0 Å². The lowest BCUT2D eigenvalue weighted by atomic mass is 10.1. The number of hydrogen-bond acceptors (Lipinski definition) is 3. The van der Waals surface area contributed by atoms with Crippen LogP contribution in [-0.4, -0.2) is 23.5 Å². The van der Waals surface area contributed by atoms with Gasteiger partial charge < -0.3 is 4.74 Å². The van der Waals surface area contributed by atoms with Crippen LogP contribution in [0.5, 0.6) is 0 Å². The number of carbonyl (C=O) groups is 1. The summed E-state index contributed by atoms with van der Waals surface area (Å²) in [6, 6.07) is 20.3. The van der Waals surface area contributed by atoms with E-state index in [1.165, 1.54) is 11.1 Å². The third-order valence-electron chi connectivity index (χ3n) is 3.80. The Morgan fingerprint density at radius 3 is 2.29 bits per heavy atom. The molecule has 0 radical (unpaired) electrons. The molecule has 0 spiro atoms. The first kappa shape index (κ1) is 13.8. The third-order valence-corrected chi connectivity index (χ3v) is 3.80. The van der Waals surface area contributed by atoms with Crippen molar-refractivity contribution in [3.05, 3.63) is 71.8 Å². The van der Waals surface area contributed by atoms with Crippen molar-refractivity contribution < 1.29 is 9.53 Å². The average Bonchev–Trinajstić information content (AvgIpc) is 3.23. The zero-order valence-corrected chi connectivity index (χ0v) is 12.1. The second-order valence-electron chi connectivity index (χ2n) is 5.21. The number of carbonyl (C=O) groups excluding carboxylic acids is 1. The van der Waals surface area contributed by atoms with Crippen molar-refractivity contribution in [1.29, 1.82) is 0 Å². The van der Waals surface area contributed by atoms with Crippen LogP contribution in [0.2, 0.25) is 0 Å². The molecule has 2 aromatic rings. The van der Waals surface area contributed by atoms with Gasteiger partial charge >= 0.3 is 5.97 Å². The lowest BCUT2D eigenvalue weighted by molar-refractivity contribution is -0.143. The SMILES string of the molecule is CCOC(=O)[C@H]1[C@H](c2ccccc2)N1Cc1ccccc1. The monoisotopic (exact) mass is 281 g/mol. The van der Waals surface area contributed by atoms with Crippen LogP contribution in [0.1, 0.15) is 24.1 Å². The first-order chi connectivity index (χ1) is 10.3. The molecule has 1 unspecified atom stereocenters. The summed E-state index contributed by atoms with van der Waals surface area (Å²) >= 11 is 0. The van der Waals surface area contributed by atoms with Crippen molar-refractivity contribution in [3.8, 4) is 0 Å². The fourth-order valence-corrected chi connectivity index (χ4v) is 2.78. The highest BCUT2D eigenvalue weighted by Gasteiger charge is 2.53. The molecule has 1 fully saturated rings. The van der Waals surface area contributed by atoms with E-state index in [2.05, 4.69) is 29.2 Å². The molecule has 0 saturated carbocycles. The summed E-state index contributed by atoms with van der Waals surface area (Å²) in [4.78, 5) is 14.3. The molecule has 3 nitrogen and oxygen atoms in total. The van der Waals surface area contributed by atoms with E-state index in [0.29, 0.717) is 6.61 Å². The van der Waals surface area contributed by atoms with Gasteiger partial charge in [0.05, 0.1) is 12.6 Å². The molecule has 2 aromatic carbocycles. The average molecular weight is 281 g/mol. The Bertz CT molecular complexity index is 597. The van der Waals surface area contributed by atoms with Crippen molar-refractivity contribution in [1.82, 2.24) is 4.90 Å². The van der Waals surface area contributed by atoms with Crippen LogP contribution in [0.3, 0.4) is 0 Å². The molecule has 1 aliphatic heterocycles. The molecule has 0 N–H and O–H groups in total. The van der Waals surface area contributed by atoms with Crippen LogP contribution in [0.15, 0.2) is 60.7 Å². The lowest BCUT2D eigenvalue weighted by Crippen LogP contribution is -2.16. The minimum Gasteiger partial charge on any atom is -0.465 e. The number of rotatable bonds is 5. The molecule has 1 heterocycles. The molecular weight excluding hydrogens is 262 g/mol. The number of ether oxygens (including phenoxy) is 1. The minimum atomic E-state index is -0.160. The van der Waals surface area contributed by atoms with Crippen molar-refractivity contribution in [3.63, 3.8) is 0 Å². The smallest absolute Gasteiger partial charge is 0.325 e. The first-order valence-corrected chi connectivity index (χ1v) is 7.32. The Balaban J connectivity index is 1.78. The molecule has 3 atom stereocenters. The molecule has 0 aliphatic carbocycles. The van der Waals surface area contributed by atoms with E-state index in [1.807, 2.05) is 43.3 Å². The number of nitrogens with zero attached hydrogens (tertiary/aromatic N) is 1. The number of hydrogen-bond donors (Lipinski definition) is 0. The van der Waals surface area contributed by atoms with Gasteiger partial charge in [0.25, 0.3) is 0 Å². The van der Waals surface area contributed by atoms with Crippen LogP contribution in [0, 0.1) is 0 Å². The maximum Gasteiger partial charge on any atom is 0.325 e. The van der Waals surface area contributed by atoms with Crippen molar-refractivity contribution in [2.75, 3.05) is 6.61 Å². The normalized spacial score (nSPS) is 23.6. The van der Waals surface area contributed by atoms with Gasteiger partial charge in [-0.1, -0.05) is 60.7 Å². The number of esters is 1. The zero-order chi connectivity index (χ0) is 14.7. The van der Waals surface area contributed by atoms with Crippen molar-refractivity contribution in [2.45, 2.75) is 25.6 Å². The van der Waals surface area contributed by atoms with Gasteiger partial charge in [-0.3, -0.25) is 9.69 Å².